The van der Waals surface area contributed by atoms with Gasteiger partial charge in [0.05, 0.1) is 20.8 Å². The first-order valence-electron chi connectivity index (χ1n) is 9.95. The molecule has 0 saturated carbocycles. The van der Waals surface area contributed by atoms with Crippen LogP contribution in [0.1, 0.15) is 18.4 Å². The summed E-state index contributed by atoms with van der Waals surface area (Å²) in [6.45, 7) is 5.80. The van der Waals surface area contributed by atoms with Crippen molar-refractivity contribution in [1.29, 1.82) is 0 Å². The van der Waals surface area contributed by atoms with Crippen LogP contribution in [-0.4, -0.2) is 84.0 Å². The highest BCUT2D eigenvalue weighted by molar-refractivity contribution is 5.79. The van der Waals surface area contributed by atoms with Crippen molar-refractivity contribution in [3.05, 3.63) is 23.8 Å². The third-order valence-electron chi connectivity index (χ3n) is 5.34. The van der Waals surface area contributed by atoms with Crippen LogP contribution < -0.4 is 14.8 Å². The second-order valence-corrected chi connectivity index (χ2v) is 7.24. The average molecular weight is 393 g/mol. The van der Waals surface area contributed by atoms with Crippen LogP contribution in [0.25, 0.3) is 0 Å². The summed E-state index contributed by atoms with van der Waals surface area (Å²) in [6, 6.07) is 5.91. The molecule has 7 nitrogen and oxygen atoms in total. The zero-order valence-electron chi connectivity index (χ0n) is 18.0. The van der Waals surface area contributed by atoms with Crippen LogP contribution in [-0.2, 0) is 11.3 Å². The smallest absolute Gasteiger partial charge is 0.193 e. The summed E-state index contributed by atoms with van der Waals surface area (Å²) >= 11 is 0. The lowest BCUT2D eigenvalue weighted by molar-refractivity contribution is 0.120. The number of hydrogen-bond acceptors (Lipinski definition) is 5. The molecule has 158 valence electrons. The third kappa shape index (κ3) is 6.56. The molecule has 1 aromatic carbocycles. The standard InChI is InChI=1S/C21H36N4O3/c1-22-21(23-15-17-8-10-25(11-9-17)12-13-26-3)24(2)16-18-6-7-19(27-4)14-20(18)28-5/h6-7,14,17H,8-13,15-16H2,1-5H3,(H,22,23). The SMILES string of the molecule is CN=C(NCC1CCN(CCOC)CC1)N(C)Cc1ccc(OC)cc1OC. The Morgan fingerprint density at radius 1 is 1.21 bits per heavy atom. The van der Waals surface area contributed by atoms with Crippen LogP contribution in [0.5, 0.6) is 11.5 Å². The van der Waals surface area contributed by atoms with E-state index in [1.807, 2.05) is 32.3 Å². The molecule has 1 aromatic rings. The van der Waals surface area contributed by atoms with Crippen molar-refractivity contribution in [2.75, 3.05) is 68.2 Å². The fourth-order valence-corrected chi connectivity index (χ4v) is 3.57. The molecule has 0 amide bonds. The van der Waals surface area contributed by atoms with E-state index in [0.717, 1.165) is 55.8 Å². The number of nitrogens with one attached hydrogen (secondary N) is 1. The Bertz CT molecular complexity index is 616. The van der Waals surface area contributed by atoms with E-state index >= 15 is 0 Å². The average Bonchev–Trinajstić information content (AvgIpc) is 2.73. The normalized spacial score (nSPS) is 16.1. The monoisotopic (exact) mass is 392 g/mol. The predicted octanol–water partition coefficient (Wildman–Crippen LogP) is 2.07. The molecule has 1 saturated heterocycles. The van der Waals surface area contributed by atoms with Crippen LogP contribution >= 0.6 is 0 Å². The fraction of sp³-hybridized carbons (Fsp3) is 0.667. The van der Waals surface area contributed by atoms with Gasteiger partial charge in [-0.15, -0.1) is 0 Å². The first kappa shape index (κ1) is 22.3. The first-order valence-corrected chi connectivity index (χ1v) is 9.95. The van der Waals surface area contributed by atoms with Gasteiger partial charge >= 0.3 is 0 Å². The van der Waals surface area contributed by atoms with Gasteiger partial charge in [0, 0.05) is 52.5 Å². The molecule has 0 spiro atoms. The Morgan fingerprint density at radius 3 is 2.57 bits per heavy atom. The Kier molecular flexibility index (Phi) is 9.37. The predicted molar refractivity (Wildman–Crippen MR) is 113 cm³/mol. The molecular weight excluding hydrogens is 356 g/mol. The van der Waals surface area contributed by atoms with Gasteiger partial charge in [-0.2, -0.15) is 0 Å². The Morgan fingerprint density at radius 2 is 1.96 bits per heavy atom. The van der Waals surface area contributed by atoms with Gasteiger partial charge in [0.1, 0.15) is 11.5 Å². The second-order valence-electron chi connectivity index (χ2n) is 7.24. The van der Waals surface area contributed by atoms with E-state index in [9.17, 15) is 0 Å². The lowest BCUT2D eigenvalue weighted by atomic mass is 9.97. The van der Waals surface area contributed by atoms with Crippen molar-refractivity contribution < 1.29 is 14.2 Å². The summed E-state index contributed by atoms with van der Waals surface area (Å²) in [5.41, 5.74) is 1.10. The van der Waals surface area contributed by atoms with E-state index in [1.165, 1.54) is 12.8 Å². The van der Waals surface area contributed by atoms with Crippen molar-refractivity contribution in [2.24, 2.45) is 10.9 Å². The Labute approximate surface area is 169 Å². The Balaban J connectivity index is 1.83. The van der Waals surface area contributed by atoms with Gasteiger partial charge in [0.15, 0.2) is 5.96 Å². The number of aliphatic imine (C=N–C) groups is 1. The number of piperidine rings is 1. The van der Waals surface area contributed by atoms with E-state index in [4.69, 9.17) is 14.2 Å². The van der Waals surface area contributed by atoms with Gasteiger partial charge in [-0.05, 0) is 44.0 Å². The molecule has 0 unspecified atom stereocenters. The maximum Gasteiger partial charge on any atom is 0.193 e. The fourth-order valence-electron chi connectivity index (χ4n) is 3.57. The van der Waals surface area contributed by atoms with Gasteiger partial charge in [-0.25, -0.2) is 0 Å². The molecule has 1 heterocycles. The molecule has 1 aliphatic rings. The molecule has 1 aliphatic heterocycles. The summed E-state index contributed by atoms with van der Waals surface area (Å²) in [4.78, 5) is 9.06. The molecule has 0 atom stereocenters. The molecule has 0 aliphatic carbocycles. The number of benzene rings is 1. The molecule has 0 radical (unpaired) electrons. The summed E-state index contributed by atoms with van der Waals surface area (Å²) in [5.74, 6) is 3.20. The quantitative estimate of drug-likeness (QED) is 0.513. The zero-order valence-corrected chi connectivity index (χ0v) is 18.0. The number of ether oxygens (including phenoxy) is 3. The van der Waals surface area contributed by atoms with E-state index in [0.29, 0.717) is 12.5 Å². The van der Waals surface area contributed by atoms with Gasteiger partial charge in [0.2, 0.25) is 0 Å². The first-order chi connectivity index (χ1) is 13.6. The van der Waals surface area contributed by atoms with Crippen molar-refractivity contribution in [3.8, 4) is 11.5 Å². The Hall–Kier alpha value is -1.99. The molecule has 0 bridgehead atoms. The van der Waals surface area contributed by atoms with Crippen molar-refractivity contribution in [3.63, 3.8) is 0 Å². The van der Waals surface area contributed by atoms with Gasteiger partial charge in [-0.1, -0.05) is 0 Å². The lowest BCUT2D eigenvalue weighted by Gasteiger charge is -2.32. The number of methoxy groups -OCH3 is 3. The molecule has 0 aromatic heterocycles. The van der Waals surface area contributed by atoms with Crippen LogP contribution in [0.2, 0.25) is 0 Å². The molecule has 7 heteroatoms. The molecule has 2 rings (SSSR count). The molecule has 1 fully saturated rings. The number of nitrogens with zero attached hydrogens (tertiary/aromatic N) is 3. The summed E-state index contributed by atoms with van der Waals surface area (Å²) in [7, 11) is 8.99. The largest absolute Gasteiger partial charge is 0.497 e. The summed E-state index contributed by atoms with van der Waals surface area (Å²) in [6.07, 6.45) is 2.42. The van der Waals surface area contributed by atoms with Crippen molar-refractivity contribution >= 4 is 5.96 Å². The lowest BCUT2D eigenvalue weighted by Crippen LogP contribution is -2.43. The summed E-state index contributed by atoms with van der Waals surface area (Å²) < 4.78 is 16.0. The number of guanidine groups is 1. The van der Waals surface area contributed by atoms with Crippen LogP contribution in [0.3, 0.4) is 0 Å². The minimum Gasteiger partial charge on any atom is -0.497 e. The highest BCUT2D eigenvalue weighted by atomic mass is 16.5. The highest BCUT2D eigenvalue weighted by Crippen LogP contribution is 2.25. The maximum absolute atomic E-state index is 5.51. The highest BCUT2D eigenvalue weighted by Gasteiger charge is 2.20. The zero-order chi connectivity index (χ0) is 20.4. The summed E-state index contributed by atoms with van der Waals surface area (Å²) in [5, 5.41) is 3.54. The van der Waals surface area contributed by atoms with Gasteiger partial charge in [-0.3, -0.25) is 4.99 Å². The number of likely N-dealkylation sites (tertiary alicyclic amines) is 1. The number of hydrogen-bond donors (Lipinski definition) is 1. The second kappa shape index (κ2) is 11.8. The van der Waals surface area contributed by atoms with Crippen LogP contribution in [0.15, 0.2) is 23.2 Å². The maximum atomic E-state index is 5.51. The van der Waals surface area contributed by atoms with Gasteiger partial charge < -0.3 is 29.3 Å². The van der Waals surface area contributed by atoms with Crippen molar-refractivity contribution in [1.82, 2.24) is 15.1 Å². The molecule has 1 N–H and O–H groups in total. The third-order valence-corrected chi connectivity index (χ3v) is 5.34. The van der Waals surface area contributed by atoms with Crippen LogP contribution in [0, 0.1) is 5.92 Å². The molecular formula is C21H36N4O3. The van der Waals surface area contributed by atoms with Crippen LogP contribution in [0.4, 0.5) is 0 Å². The van der Waals surface area contributed by atoms with E-state index in [-0.39, 0.29) is 0 Å². The topological polar surface area (TPSA) is 58.6 Å². The van der Waals surface area contributed by atoms with E-state index in [1.54, 1.807) is 21.3 Å². The minimum atomic E-state index is 0.680. The number of rotatable bonds is 9. The van der Waals surface area contributed by atoms with Gasteiger partial charge in [0.25, 0.3) is 0 Å². The molecule has 28 heavy (non-hydrogen) atoms. The minimum absolute atomic E-state index is 0.680. The van der Waals surface area contributed by atoms with E-state index < -0.39 is 0 Å². The van der Waals surface area contributed by atoms with E-state index in [2.05, 4.69) is 20.1 Å². The van der Waals surface area contributed by atoms with Crippen molar-refractivity contribution in [2.45, 2.75) is 19.4 Å².